The molecule has 0 spiro atoms. The number of unbranched alkanes of at least 4 members (excludes halogenated alkanes) is 1. The first-order chi connectivity index (χ1) is 1.91. The van der Waals surface area contributed by atoms with Crippen LogP contribution < -0.4 is 18.9 Å². The maximum atomic E-state index is 3.60. The second-order valence-corrected chi connectivity index (χ2v) is 0.854. The van der Waals surface area contributed by atoms with Crippen LogP contribution in [0.3, 0.4) is 0 Å². The number of rotatable bonds is 1. The summed E-state index contributed by atoms with van der Waals surface area (Å²) in [6.07, 6.45) is 2.28. The van der Waals surface area contributed by atoms with Gasteiger partial charge in [-0.05, 0) is 0 Å². The Balaban J connectivity index is -0.0000000450. The largest absolute Gasteiger partial charge is 1.00 e. The first-order valence-electron chi connectivity index (χ1n) is 1.71. The summed E-state index contributed by atoms with van der Waals surface area (Å²) in [5.41, 5.74) is 0. The van der Waals surface area contributed by atoms with Crippen molar-refractivity contribution in [2.75, 3.05) is 0 Å². The van der Waals surface area contributed by atoms with E-state index in [9.17, 15) is 0 Å². The van der Waals surface area contributed by atoms with Gasteiger partial charge in [-0.15, -0.1) is 0 Å². The summed E-state index contributed by atoms with van der Waals surface area (Å²) in [6.45, 7) is 5.72. The third kappa shape index (κ3) is 16.3. The summed E-state index contributed by atoms with van der Waals surface area (Å²) < 4.78 is 0. The van der Waals surface area contributed by atoms with Gasteiger partial charge in [-0.25, -0.2) is 0 Å². The predicted molar refractivity (Wildman–Crippen MR) is 26.0 cm³/mol. The molecule has 0 aromatic heterocycles. The molecule has 0 saturated carbocycles. The zero-order valence-electron chi connectivity index (χ0n) is 5.12. The molecule has 0 unspecified atom stereocenters. The molecular formula is C4H9KLi. The number of hydrogen-bond donors (Lipinski definition) is 0. The van der Waals surface area contributed by atoms with Crippen LogP contribution in [0.1, 0.15) is 19.8 Å². The van der Waals surface area contributed by atoms with Gasteiger partial charge in [-0.3, -0.25) is 0 Å². The van der Waals surface area contributed by atoms with Crippen LogP contribution in [0.15, 0.2) is 0 Å². The van der Waals surface area contributed by atoms with E-state index in [-0.39, 0.29) is 70.2 Å². The van der Waals surface area contributed by atoms with Crippen LogP contribution in [-0.2, 0) is 0 Å². The summed E-state index contributed by atoms with van der Waals surface area (Å²) >= 11 is 0. The van der Waals surface area contributed by atoms with Gasteiger partial charge in [0.15, 0.2) is 0 Å². The molecule has 0 atom stereocenters. The third-order valence-electron chi connectivity index (χ3n) is 0.354. The molecule has 0 N–H and O–H groups in total. The van der Waals surface area contributed by atoms with Gasteiger partial charge >= 0.3 is 18.9 Å². The van der Waals surface area contributed by atoms with Crippen LogP contribution in [0.5, 0.6) is 0 Å². The smallest absolute Gasteiger partial charge is 0.343 e. The maximum Gasteiger partial charge on any atom is 1.00 e. The first kappa shape index (κ1) is 15.7. The third-order valence-corrected chi connectivity index (χ3v) is 0.354. The molecule has 0 aliphatic rings. The molecule has 0 saturated heterocycles. The van der Waals surface area contributed by atoms with Gasteiger partial charge in [0, 0.05) is 51.4 Å². The Labute approximate surface area is 95.1 Å². The Kier molecular flexibility index (Phi) is 41.1. The molecule has 0 rings (SSSR count). The van der Waals surface area contributed by atoms with E-state index in [4.69, 9.17) is 0 Å². The van der Waals surface area contributed by atoms with Gasteiger partial charge in [-0.2, -0.15) is 6.42 Å². The van der Waals surface area contributed by atoms with Crippen molar-refractivity contribution in [3.05, 3.63) is 6.92 Å². The van der Waals surface area contributed by atoms with Gasteiger partial charge in [0.1, 0.15) is 0 Å². The minimum absolute atomic E-state index is 0. The second-order valence-electron chi connectivity index (χ2n) is 0.854. The second kappa shape index (κ2) is 15.7. The van der Waals surface area contributed by atoms with Crippen LogP contribution in [0.2, 0.25) is 0 Å². The molecule has 0 nitrogen and oxygen atoms in total. The van der Waals surface area contributed by atoms with Crippen molar-refractivity contribution in [3.63, 3.8) is 0 Å². The van der Waals surface area contributed by atoms with Gasteiger partial charge in [0.25, 0.3) is 0 Å². The summed E-state index contributed by atoms with van der Waals surface area (Å²) in [5, 5.41) is 0. The van der Waals surface area contributed by atoms with Crippen molar-refractivity contribution in [3.8, 4) is 0 Å². The van der Waals surface area contributed by atoms with Crippen LogP contribution in [0.25, 0.3) is 0 Å². The predicted octanol–water partition coefficient (Wildman–Crippen LogP) is -1.76. The fraction of sp³-hybridized carbons (Fsp3) is 0.750. The van der Waals surface area contributed by atoms with E-state index in [1.807, 2.05) is 0 Å². The fourth-order valence-corrected chi connectivity index (χ4v) is 0. The summed E-state index contributed by atoms with van der Waals surface area (Å²) in [6, 6.07) is 0. The molecule has 0 bridgehead atoms. The van der Waals surface area contributed by atoms with E-state index in [0.29, 0.717) is 0 Å². The van der Waals surface area contributed by atoms with E-state index >= 15 is 0 Å². The average Bonchev–Trinajstić information content (AvgIpc) is 1.37. The minimum Gasteiger partial charge on any atom is -0.343 e. The standard InChI is InChI=1S/C4H9.K.Li/c1-3-4-2;;/h1,3-4H2,2H3;;/q-1;;+1. The SMILES string of the molecule is [CH2-]CCC.[K].[Li+]. The minimum atomic E-state index is 0. The monoisotopic (exact) mass is 103 g/mol. The van der Waals surface area contributed by atoms with E-state index < -0.39 is 0 Å². The molecule has 27 valence electrons. The normalized spacial score (nSPS) is 5.00. The van der Waals surface area contributed by atoms with Crippen molar-refractivity contribution in [1.82, 2.24) is 0 Å². The van der Waals surface area contributed by atoms with Crippen LogP contribution in [0, 0.1) is 6.92 Å². The fourth-order valence-electron chi connectivity index (χ4n) is 0. The Bertz CT molecular complexity index is 9.51. The molecule has 0 aromatic carbocycles. The summed E-state index contributed by atoms with van der Waals surface area (Å²) in [5.74, 6) is 0. The topological polar surface area (TPSA) is 0 Å². The van der Waals surface area contributed by atoms with E-state index in [0.717, 1.165) is 6.42 Å². The Hall–Kier alpha value is 2.23. The van der Waals surface area contributed by atoms with Crippen molar-refractivity contribution in [2.45, 2.75) is 19.8 Å². The van der Waals surface area contributed by atoms with Crippen molar-refractivity contribution >= 4 is 51.4 Å². The molecule has 0 heterocycles. The summed E-state index contributed by atoms with van der Waals surface area (Å²) in [4.78, 5) is 0. The molecule has 0 aliphatic heterocycles. The molecular weight excluding hydrogens is 94.1 g/mol. The van der Waals surface area contributed by atoms with E-state index in [2.05, 4.69) is 13.8 Å². The number of hydrogen-bond acceptors (Lipinski definition) is 0. The van der Waals surface area contributed by atoms with Crippen LogP contribution >= 0.6 is 0 Å². The molecule has 0 aromatic rings. The quantitative estimate of drug-likeness (QED) is 0.272. The van der Waals surface area contributed by atoms with Gasteiger partial charge in [0.2, 0.25) is 0 Å². The Morgan fingerprint density at radius 3 is 1.67 bits per heavy atom. The maximum absolute atomic E-state index is 3.60. The molecule has 0 fully saturated rings. The van der Waals surface area contributed by atoms with Crippen molar-refractivity contribution in [2.24, 2.45) is 0 Å². The van der Waals surface area contributed by atoms with Gasteiger partial charge < -0.3 is 6.92 Å². The van der Waals surface area contributed by atoms with Crippen LogP contribution in [-0.4, -0.2) is 51.4 Å². The van der Waals surface area contributed by atoms with Gasteiger partial charge in [-0.1, -0.05) is 13.3 Å². The summed E-state index contributed by atoms with van der Waals surface area (Å²) in [7, 11) is 0. The van der Waals surface area contributed by atoms with E-state index in [1.54, 1.807) is 0 Å². The Morgan fingerprint density at radius 1 is 1.50 bits per heavy atom. The molecule has 0 amide bonds. The first-order valence-corrected chi connectivity index (χ1v) is 1.71. The average molecular weight is 103 g/mol. The van der Waals surface area contributed by atoms with Gasteiger partial charge in [0.05, 0.1) is 0 Å². The molecule has 2 heteroatoms. The molecule has 1 radical (unpaired) electrons. The van der Waals surface area contributed by atoms with Crippen LogP contribution in [0.4, 0.5) is 0 Å². The van der Waals surface area contributed by atoms with E-state index in [1.165, 1.54) is 6.42 Å². The van der Waals surface area contributed by atoms with Crippen molar-refractivity contribution in [1.29, 1.82) is 0 Å². The molecule has 0 aliphatic carbocycles. The molecule has 6 heavy (non-hydrogen) atoms. The Morgan fingerprint density at radius 2 is 1.67 bits per heavy atom. The zero-order valence-corrected chi connectivity index (χ0v) is 8.24. The zero-order chi connectivity index (χ0) is 3.41. The van der Waals surface area contributed by atoms with Crippen molar-refractivity contribution < 1.29 is 18.9 Å².